The van der Waals surface area contributed by atoms with Crippen LogP contribution in [0.4, 0.5) is 5.69 Å². The normalized spacial score (nSPS) is 10.3. The molecule has 126 valence electrons. The van der Waals surface area contributed by atoms with Crippen LogP contribution in [-0.4, -0.2) is 5.91 Å². The first-order chi connectivity index (χ1) is 12.1. The summed E-state index contributed by atoms with van der Waals surface area (Å²) in [5, 5.41) is 3.67. The Kier molecular flexibility index (Phi) is 5.59. The topological polar surface area (TPSA) is 38.3 Å². The molecule has 0 aliphatic heterocycles. The summed E-state index contributed by atoms with van der Waals surface area (Å²) in [6, 6.07) is 21.8. The molecule has 3 aromatic carbocycles. The standard InChI is InChI=1S/C20H15Cl2NO2/c21-16-8-11-19(18(22)12-16)23-20(24)15-6-9-17(10-7-15)25-13-14-4-2-1-3-5-14/h1-12H,13H2,(H,23,24). The van der Waals surface area contributed by atoms with E-state index in [-0.39, 0.29) is 5.91 Å². The average Bonchev–Trinajstić information content (AvgIpc) is 2.63. The quantitative estimate of drug-likeness (QED) is 0.612. The first kappa shape index (κ1) is 17.3. The second kappa shape index (κ2) is 8.06. The maximum Gasteiger partial charge on any atom is 0.255 e. The highest BCUT2D eigenvalue weighted by atomic mass is 35.5. The van der Waals surface area contributed by atoms with Crippen molar-refractivity contribution in [2.45, 2.75) is 6.61 Å². The zero-order valence-corrected chi connectivity index (χ0v) is 14.7. The van der Waals surface area contributed by atoms with E-state index >= 15 is 0 Å². The van der Waals surface area contributed by atoms with Gasteiger partial charge in [0.05, 0.1) is 10.7 Å². The van der Waals surface area contributed by atoms with Crippen molar-refractivity contribution in [2.75, 3.05) is 5.32 Å². The molecule has 25 heavy (non-hydrogen) atoms. The number of hydrogen-bond acceptors (Lipinski definition) is 2. The van der Waals surface area contributed by atoms with Crippen LogP contribution in [0.25, 0.3) is 0 Å². The number of halogens is 2. The number of carbonyl (C=O) groups excluding carboxylic acids is 1. The first-order valence-electron chi connectivity index (χ1n) is 7.65. The molecule has 0 fully saturated rings. The number of amides is 1. The molecule has 0 spiro atoms. The molecular formula is C20H15Cl2NO2. The maximum atomic E-state index is 12.3. The molecule has 0 aliphatic rings. The molecule has 0 atom stereocenters. The summed E-state index contributed by atoms with van der Waals surface area (Å²) in [7, 11) is 0. The Bertz CT molecular complexity index is 865. The average molecular weight is 372 g/mol. The van der Waals surface area contributed by atoms with Crippen LogP contribution in [0.15, 0.2) is 72.8 Å². The third-order valence-corrected chi connectivity index (χ3v) is 4.09. The number of hydrogen-bond donors (Lipinski definition) is 1. The van der Waals surface area contributed by atoms with Gasteiger partial charge in [0.1, 0.15) is 12.4 Å². The van der Waals surface area contributed by atoms with Gasteiger partial charge in [-0.05, 0) is 48.0 Å². The second-order valence-electron chi connectivity index (χ2n) is 5.38. The van der Waals surface area contributed by atoms with Gasteiger partial charge in [0.15, 0.2) is 0 Å². The van der Waals surface area contributed by atoms with Crippen LogP contribution in [0.1, 0.15) is 15.9 Å². The smallest absolute Gasteiger partial charge is 0.255 e. The summed E-state index contributed by atoms with van der Waals surface area (Å²) in [4.78, 5) is 12.3. The first-order valence-corrected chi connectivity index (χ1v) is 8.40. The zero-order valence-electron chi connectivity index (χ0n) is 13.2. The highest BCUT2D eigenvalue weighted by molar-refractivity contribution is 6.36. The van der Waals surface area contributed by atoms with Crippen LogP contribution in [0, 0.1) is 0 Å². The highest BCUT2D eigenvalue weighted by Gasteiger charge is 2.09. The van der Waals surface area contributed by atoms with E-state index in [0.29, 0.717) is 33.7 Å². The van der Waals surface area contributed by atoms with Crippen LogP contribution in [0.2, 0.25) is 10.0 Å². The zero-order chi connectivity index (χ0) is 17.6. The van der Waals surface area contributed by atoms with Crippen molar-refractivity contribution in [3.05, 3.63) is 94.0 Å². The van der Waals surface area contributed by atoms with Crippen molar-refractivity contribution >= 4 is 34.8 Å². The molecular weight excluding hydrogens is 357 g/mol. The van der Waals surface area contributed by atoms with Crippen LogP contribution in [-0.2, 0) is 6.61 Å². The summed E-state index contributed by atoms with van der Waals surface area (Å²) in [6.45, 7) is 0.479. The number of carbonyl (C=O) groups is 1. The molecule has 5 heteroatoms. The predicted octanol–water partition coefficient (Wildman–Crippen LogP) is 5.82. The Morgan fingerprint density at radius 3 is 2.32 bits per heavy atom. The van der Waals surface area contributed by atoms with Crippen molar-refractivity contribution in [2.24, 2.45) is 0 Å². The number of rotatable bonds is 5. The number of nitrogens with one attached hydrogen (secondary N) is 1. The van der Waals surface area contributed by atoms with E-state index in [0.717, 1.165) is 5.56 Å². The minimum absolute atomic E-state index is 0.251. The fourth-order valence-electron chi connectivity index (χ4n) is 2.23. The van der Waals surface area contributed by atoms with Gasteiger partial charge in [-0.2, -0.15) is 0 Å². The van der Waals surface area contributed by atoms with E-state index in [4.69, 9.17) is 27.9 Å². The molecule has 1 N–H and O–H groups in total. The van der Waals surface area contributed by atoms with Gasteiger partial charge in [-0.1, -0.05) is 53.5 Å². The Morgan fingerprint density at radius 1 is 0.920 bits per heavy atom. The molecule has 0 radical (unpaired) electrons. The van der Waals surface area contributed by atoms with Gasteiger partial charge in [-0.15, -0.1) is 0 Å². The Labute approximate surface area is 156 Å². The molecule has 0 saturated heterocycles. The largest absolute Gasteiger partial charge is 0.489 e. The molecule has 0 aromatic heterocycles. The Balaban J connectivity index is 1.62. The van der Waals surface area contributed by atoms with Gasteiger partial charge in [-0.25, -0.2) is 0 Å². The summed E-state index contributed by atoms with van der Waals surface area (Å²) in [5.74, 6) is 0.448. The van der Waals surface area contributed by atoms with E-state index in [1.165, 1.54) is 0 Å². The molecule has 0 bridgehead atoms. The summed E-state index contributed by atoms with van der Waals surface area (Å²) >= 11 is 11.9. The maximum absolute atomic E-state index is 12.3. The van der Waals surface area contributed by atoms with Gasteiger partial charge < -0.3 is 10.1 Å². The third kappa shape index (κ3) is 4.75. The number of benzene rings is 3. The molecule has 3 aromatic rings. The van der Waals surface area contributed by atoms with Crippen molar-refractivity contribution in [1.29, 1.82) is 0 Å². The summed E-state index contributed by atoms with van der Waals surface area (Å²) in [6.07, 6.45) is 0. The van der Waals surface area contributed by atoms with Crippen LogP contribution in [0.5, 0.6) is 5.75 Å². The van der Waals surface area contributed by atoms with Gasteiger partial charge in [0.25, 0.3) is 5.91 Å². The Hall–Kier alpha value is -2.49. The minimum atomic E-state index is -0.251. The summed E-state index contributed by atoms with van der Waals surface area (Å²) < 4.78 is 5.71. The van der Waals surface area contributed by atoms with Crippen molar-refractivity contribution in [1.82, 2.24) is 0 Å². The fourth-order valence-corrected chi connectivity index (χ4v) is 2.68. The molecule has 3 nitrogen and oxygen atoms in total. The van der Waals surface area contributed by atoms with Crippen molar-refractivity contribution < 1.29 is 9.53 Å². The SMILES string of the molecule is O=C(Nc1ccc(Cl)cc1Cl)c1ccc(OCc2ccccc2)cc1. The van der Waals surface area contributed by atoms with E-state index in [9.17, 15) is 4.79 Å². The monoisotopic (exact) mass is 371 g/mol. The van der Waals surface area contributed by atoms with Gasteiger partial charge in [0, 0.05) is 10.6 Å². The molecule has 0 unspecified atom stereocenters. The highest BCUT2D eigenvalue weighted by Crippen LogP contribution is 2.26. The van der Waals surface area contributed by atoms with Gasteiger partial charge in [-0.3, -0.25) is 4.79 Å². The van der Waals surface area contributed by atoms with Gasteiger partial charge in [0.2, 0.25) is 0 Å². The van der Waals surface area contributed by atoms with Crippen molar-refractivity contribution in [3.63, 3.8) is 0 Å². The van der Waals surface area contributed by atoms with E-state index < -0.39 is 0 Å². The number of ether oxygens (including phenoxy) is 1. The minimum Gasteiger partial charge on any atom is -0.489 e. The third-order valence-electron chi connectivity index (χ3n) is 3.54. The predicted molar refractivity (Wildman–Crippen MR) is 102 cm³/mol. The van der Waals surface area contributed by atoms with Crippen molar-refractivity contribution in [3.8, 4) is 5.75 Å². The lowest BCUT2D eigenvalue weighted by atomic mass is 10.2. The molecule has 0 heterocycles. The van der Waals surface area contributed by atoms with Crippen LogP contribution < -0.4 is 10.1 Å². The molecule has 0 aliphatic carbocycles. The summed E-state index contributed by atoms with van der Waals surface area (Å²) in [5.41, 5.74) is 2.11. The molecule has 3 rings (SSSR count). The second-order valence-corrected chi connectivity index (χ2v) is 6.22. The van der Waals surface area contributed by atoms with Crippen LogP contribution >= 0.6 is 23.2 Å². The number of anilines is 1. The van der Waals surface area contributed by atoms with Crippen LogP contribution in [0.3, 0.4) is 0 Å². The fraction of sp³-hybridized carbons (Fsp3) is 0.0500. The van der Waals surface area contributed by atoms with Gasteiger partial charge >= 0.3 is 0 Å². The molecule has 1 amide bonds. The lowest BCUT2D eigenvalue weighted by molar-refractivity contribution is 0.102. The van der Waals surface area contributed by atoms with E-state index in [1.807, 2.05) is 30.3 Å². The van der Waals surface area contributed by atoms with E-state index in [2.05, 4.69) is 5.32 Å². The molecule has 0 saturated carbocycles. The lowest BCUT2D eigenvalue weighted by Crippen LogP contribution is -2.12. The van der Waals surface area contributed by atoms with E-state index in [1.54, 1.807) is 42.5 Å². The lowest BCUT2D eigenvalue weighted by Gasteiger charge is -2.09. The Morgan fingerprint density at radius 2 is 1.64 bits per heavy atom.